The Morgan fingerprint density at radius 1 is 0.455 bits per heavy atom. The van der Waals surface area contributed by atoms with E-state index in [4.69, 9.17) is 24.1 Å². The van der Waals surface area contributed by atoms with Crippen molar-refractivity contribution >= 4 is 201 Å². The van der Waals surface area contributed by atoms with Gasteiger partial charge in [0.05, 0.1) is 63.1 Å². The summed E-state index contributed by atoms with van der Waals surface area (Å²) >= 11 is 11.8. The summed E-state index contributed by atoms with van der Waals surface area (Å²) in [6.07, 6.45) is 0.862. The van der Waals surface area contributed by atoms with Gasteiger partial charge in [0.1, 0.15) is 65.2 Å². The minimum absolute atomic E-state index is 0.000334. The van der Waals surface area contributed by atoms with Gasteiger partial charge in [-0.2, -0.15) is 0 Å². The van der Waals surface area contributed by atoms with Crippen molar-refractivity contribution in [3.8, 4) is 0 Å². The number of benzene rings is 8. The van der Waals surface area contributed by atoms with E-state index in [1.807, 2.05) is 90.4 Å². The van der Waals surface area contributed by atoms with E-state index in [0.717, 1.165) is 56.8 Å². The third-order valence-corrected chi connectivity index (χ3v) is 19.6. The summed E-state index contributed by atoms with van der Waals surface area (Å²) in [6, 6.07) is 24.3. The van der Waals surface area contributed by atoms with Crippen LogP contribution in [0.4, 0.5) is 35.1 Å². The number of aromatic carboxylic acids is 1. The lowest BCUT2D eigenvalue weighted by Crippen LogP contribution is -2.15. The molecule has 34 heteroatoms. The van der Waals surface area contributed by atoms with Gasteiger partial charge in [0.2, 0.25) is 0 Å². The van der Waals surface area contributed by atoms with Crippen molar-refractivity contribution in [3.63, 3.8) is 0 Å². The number of aliphatic hydroxyl groups is 1. The van der Waals surface area contributed by atoms with Gasteiger partial charge in [-0.15, -0.1) is 20.4 Å². The number of esters is 1. The molecule has 4 aromatic heterocycles. The number of hydrogen-bond acceptors (Lipinski definition) is 21. The number of carbonyl (C=O) groups is 4. The van der Waals surface area contributed by atoms with Crippen LogP contribution in [0, 0.1) is 60.8 Å². The Kier molecular flexibility index (Phi) is 27.4. The number of rotatable bonds is 22. The molecule has 18 nitrogen and oxygen atoms in total. The molecular weight excluding hydrogens is 1840 g/mol. The maximum absolute atomic E-state index is 15.1. The van der Waals surface area contributed by atoms with E-state index in [-0.39, 0.29) is 154 Å². The normalized spacial score (nSPS) is 11.1. The predicted octanol–water partition coefficient (Wildman–Crippen LogP) is 15.7. The number of ether oxygens (including phenoxy) is 4. The van der Waals surface area contributed by atoms with E-state index in [9.17, 15) is 55.0 Å². The predicted molar refractivity (Wildman–Crippen MR) is 389 cm³/mol. The summed E-state index contributed by atoms with van der Waals surface area (Å²) in [6.45, 7) is 3.07. The van der Waals surface area contributed by atoms with Crippen LogP contribution < -0.4 is 0 Å². The van der Waals surface area contributed by atoms with E-state index in [0.29, 0.717) is 22.4 Å². The van der Waals surface area contributed by atoms with Crippen LogP contribution in [0.2, 0.25) is 0 Å². The Morgan fingerprint density at radius 3 is 1.06 bits per heavy atom. The minimum Gasteiger partial charge on any atom is -0.499 e. The second kappa shape index (κ2) is 35.6. The fraction of sp³-hybridized carbons (Fsp3) is 0.169. The topological polar surface area (TPSA) is 249 Å². The van der Waals surface area contributed by atoms with E-state index >= 15 is 4.39 Å². The van der Waals surface area contributed by atoms with Gasteiger partial charge in [0.15, 0.2) is 34.8 Å². The molecule has 0 aliphatic carbocycles. The number of nitrogens with zero attached hydrogens (tertiary/aromatic N) is 8. The van der Waals surface area contributed by atoms with Crippen LogP contribution >= 0.6 is 136 Å². The van der Waals surface area contributed by atoms with Crippen molar-refractivity contribution in [1.29, 1.82) is 0 Å². The van der Waals surface area contributed by atoms with Crippen LogP contribution in [0.5, 0.6) is 0 Å². The Bertz CT molecular complexity index is 5030. The summed E-state index contributed by atoms with van der Waals surface area (Å²) in [5.41, 5.74) is 1.50. The largest absolute Gasteiger partial charge is 0.499 e. The third kappa shape index (κ3) is 19.0. The number of methoxy groups -OCH3 is 1. The molecule has 12 aromatic rings. The first-order chi connectivity index (χ1) is 47.5. The zero-order valence-corrected chi connectivity index (χ0v) is 62.4. The van der Waals surface area contributed by atoms with Crippen LogP contribution in [0.1, 0.15) is 85.9 Å². The monoisotopic (exact) mass is 1880 g/mol. The van der Waals surface area contributed by atoms with E-state index in [1.54, 1.807) is 42.5 Å². The molecule has 0 atom stereocenters. The first kappa shape index (κ1) is 76.3. The number of aliphatic hydroxyl groups excluding tert-OH is 1. The summed E-state index contributed by atoms with van der Waals surface area (Å²) < 4.78 is 155. The van der Waals surface area contributed by atoms with E-state index < -0.39 is 70.0 Å². The molecule has 2 N–H and O–H groups in total. The van der Waals surface area contributed by atoms with Crippen molar-refractivity contribution < 1.29 is 83.5 Å². The highest BCUT2D eigenvalue weighted by atomic mass is 127. The molecule has 0 bridgehead atoms. The van der Waals surface area contributed by atoms with Crippen LogP contribution in [0.15, 0.2) is 110 Å². The minimum atomic E-state index is -1.27. The number of hydrogen-bond donors (Lipinski definition) is 2. The van der Waals surface area contributed by atoms with Crippen molar-refractivity contribution in [1.82, 2.24) is 38.3 Å². The first-order valence-electron chi connectivity index (χ1n) is 28.4. The maximum Gasteiger partial charge on any atom is 0.338 e. The van der Waals surface area contributed by atoms with Crippen LogP contribution in [-0.4, -0.2) is 119 Å². The second-order valence-corrected chi connectivity index (χ2v) is 28.6. The van der Waals surface area contributed by atoms with Gasteiger partial charge in [-0.05, 0) is 232 Å². The lowest BCUT2D eigenvalue weighted by molar-refractivity contribution is 0.0597. The number of aromatic nitrogens is 8. The quantitative estimate of drug-likeness (QED) is 0.0160. The molecule has 0 saturated heterocycles. The summed E-state index contributed by atoms with van der Waals surface area (Å²) in [5, 5.41) is 33.0. The summed E-state index contributed by atoms with van der Waals surface area (Å²) in [7, 11) is 1.21. The van der Waals surface area contributed by atoms with Crippen molar-refractivity contribution in [2.24, 2.45) is 0 Å². The lowest BCUT2D eigenvalue weighted by atomic mass is 9.96. The second-order valence-electron chi connectivity index (χ2n) is 20.5. The number of carboxylic acid groups (broad SMARTS) is 1. The van der Waals surface area contributed by atoms with Crippen molar-refractivity contribution in [2.45, 2.75) is 25.7 Å². The van der Waals surface area contributed by atoms with Gasteiger partial charge >= 0.3 is 11.9 Å². The average molecular weight is 1880 g/mol. The molecule has 99 heavy (non-hydrogen) atoms. The van der Waals surface area contributed by atoms with Crippen LogP contribution in [0.3, 0.4) is 0 Å². The Hall–Kier alpha value is -6.90. The van der Waals surface area contributed by atoms with Gasteiger partial charge in [-0.3, -0.25) is 9.59 Å². The van der Waals surface area contributed by atoms with Gasteiger partial charge < -0.3 is 29.2 Å². The highest BCUT2D eigenvalue weighted by Gasteiger charge is 2.27. The Balaban J connectivity index is 0.000000155. The van der Waals surface area contributed by atoms with Crippen molar-refractivity contribution in [2.75, 3.05) is 46.8 Å². The standard InChI is InChI=1S/C19H15F2IN2O3S.C17H13F2IN2O3S.C15H9F2IN2O2S.C14H7F2IN2O2S/c1-2-26-5-6-27-10-16(25)13-9-17-19(23-24-28-17)18(21)14(13)7-11-3-4-12(22)8-15(11)20;18-13-6-10(20)2-1-9(13)5-12-11(14(24)8-25-4-3-23)7-15-17(16(12)19)21-22-26-15;1-22-15(21)10-6-12-14(19-20-23-12)13(17)9(10)4-7-2-3-8(18)5-11(7)16;15-10-4-7(17)2-1-6(10)3-8-9(14(20)21)5-11-13(12(8)16)18-19-22-11/h2-4,8-9H,1,5-7,10H2;1-2,6-7,23H,3-5,8H2;2-3,5-6H,4H2,1H3;1-2,4-5H,3H2,(H,20,21). The summed E-state index contributed by atoms with van der Waals surface area (Å²) in [5.74, 6) is -7.47. The van der Waals surface area contributed by atoms with E-state index in [2.05, 4.69) is 44.9 Å². The number of Topliss-reactive ketones (excluding diaryl/α,β-unsaturated/α-hetero) is 2. The molecule has 0 aliphatic heterocycles. The zero-order valence-electron chi connectivity index (χ0n) is 50.5. The number of fused-ring (bicyclic) bond motifs is 4. The Morgan fingerprint density at radius 2 is 0.758 bits per heavy atom. The highest BCUT2D eigenvalue weighted by molar-refractivity contribution is 14.1. The van der Waals surface area contributed by atoms with Crippen molar-refractivity contribution in [3.05, 3.63) is 237 Å². The smallest absolute Gasteiger partial charge is 0.338 e. The first-order valence-corrected chi connectivity index (χ1v) is 35.8. The van der Waals surface area contributed by atoms with Crippen LogP contribution in [0.25, 0.3) is 40.9 Å². The lowest BCUT2D eigenvalue weighted by Gasteiger charge is -2.12. The number of halogens is 12. The number of carboxylic acids is 1. The molecule has 512 valence electrons. The SMILES string of the molecule is C=COCCOCC(=O)c1cc2snnc2c(F)c1Cc1ccc(I)cc1F.COC(=O)c1cc2snnc2c(F)c1Cc1ccc(I)cc1F.O=C(COCCO)c1cc2snnc2c(F)c1Cc1ccc(I)cc1F.O=C(O)c1cc2snnc2c(F)c1Cc1ccc(I)cc1F. The molecule has 0 saturated carbocycles. The molecule has 0 radical (unpaired) electrons. The van der Waals surface area contributed by atoms with Gasteiger partial charge in [-0.1, -0.05) is 48.8 Å². The van der Waals surface area contributed by atoms with Gasteiger partial charge in [0.25, 0.3) is 0 Å². The van der Waals surface area contributed by atoms with Crippen LogP contribution in [-0.2, 0) is 44.6 Å². The number of carbonyl (C=O) groups excluding carboxylic acids is 3. The molecule has 0 amide bonds. The molecular formula is C65H44F8I4N8O10S4. The molecule has 12 rings (SSSR count). The molecule has 8 aromatic carbocycles. The zero-order chi connectivity index (χ0) is 71.2. The molecule has 0 unspecified atom stereocenters. The molecule has 0 spiro atoms. The van der Waals surface area contributed by atoms with Gasteiger partial charge in [-0.25, -0.2) is 44.7 Å². The highest BCUT2D eigenvalue weighted by Crippen LogP contribution is 2.34. The maximum atomic E-state index is 15.1. The fourth-order valence-corrected chi connectivity index (χ4v) is 13.7. The van der Waals surface area contributed by atoms with Gasteiger partial charge in [0, 0.05) is 73.3 Å². The Labute approximate surface area is 626 Å². The molecule has 0 aliphatic rings. The average Bonchev–Trinajstić information content (AvgIpc) is 1.78. The third-order valence-electron chi connectivity index (χ3n) is 14.3. The molecule has 4 heterocycles. The van der Waals surface area contributed by atoms with E-state index in [1.165, 1.54) is 68.0 Å². The number of ketones is 2. The fourth-order valence-electron chi connectivity index (χ4n) is 9.53. The molecule has 0 fully saturated rings. The summed E-state index contributed by atoms with van der Waals surface area (Å²) in [4.78, 5) is 48.5.